The molecule has 0 aromatic carbocycles. The number of phosphoric ester groups is 1. The third-order valence-electron chi connectivity index (χ3n) is 9.71. The summed E-state index contributed by atoms with van der Waals surface area (Å²) in [6.45, 7) is 2.30. The number of ether oxygens (including phenoxy) is 2. The zero-order chi connectivity index (χ0) is 33.0. The molecule has 11 atom stereocenters. The number of nitrogens with two attached hydrogens (primary N) is 2. The number of nitrogen functional groups attached to an aromatic ring is 2. The summed E-state index contributed by atoms with van der Waals surface area (Å²) in [5.74, 6) is -0.641. The summed E-state index contributed by atoms with van der Waals surface area (Å²) >= 11 is 0. The van der Waals surface area contributed by atoms with Gasteiger partial charge in [0.2, 0.25) is 5.95 Å². The Bertz CT molecular complexity index is 2040. The van der Waals surface area contributed by atoms with E-state index >= 15 is 0 Å². The number of aliphatic hydroxyl groups excluding tert-OH is 1. The van der Waals surface area contributed by atoms with E-state index in [2.05, 4.69) is 29.9 Å². The number of hydrogen-bond donors (Lipinski definition) is 5. The molecule has 1 aliphatic carbocycles. The molecular weight excluding hydrogens is 666 g/mol. The summed E-state index contributed by atoms with van der Waals surface area (Å²) in [6, 6.07) is -0.907. The minimum absolute atomic E-state index is 0.0255. The summed E-state index contributed by atoms with van der Waals surface area (Å²) < 4.78 is 65.3. The zero-order valence-electron chi connectivity index (χ0n) is 24.7. The van der Waals surface area contributed by atoms with Crippen molar-refractivity contribution in [3.05, 3.63) is 29.3 Å². The second kappa shape index (κ2) is 10.6. The van der Waals surface area contributed by atoms with Gasteiger partial charge in [-0.3, -0.25) is 28.0 Å². The van der Waals surface area contributed by atoms with E-state index in [1.54, 1.807) is 18.4 Å². The molecule has 7 N–H and O–H groups in total. The van der Waals surface area contributed by atoms with Gasteiger partial charge < -0.3 is 44.6 Å². The number of hydrogen-bond acceptors (Lipinski definition) is 17. The first-order valence-electron chi connectivity index (χ1n) is 14.4. The Morgan fingerprint density at radius 1 is 1.09 bits per heavy atom. The highest BCUT2D eigenvalue weighted by Gasteiger charge is 2.66. The molecule has 23 heteroatoms. The van der Waals surface area contributed by atoms with Crippen LogP contribution in [-0.4, -0.2) is 98.9 Å². The summed E-state index contributed by atoms with van der Waals surface area (Å²) in [5.41, 5.74) is 9.03. The Hall–Kier alpha value is -3.36. The molecule has 21 nitrogen and oxygen atoms in total. The molecule has 1 saturated carbocycles. The van der Waals surface area contributed by atoms with Crippen LogP contribution in [0.1, 0.15) is 26.1 Å². The number of rotatable bonds is 2. The fraction of sp³-hybridized carbons (Fsp3) is 0.583. The van der Waals surface area contributed by atoms with Gasteiger partial charge in [0, 0.05) is 5.41 Å². The van der Waals surface area contributed by atoms with Gasteiger partial charge in [0.15, 0.2) is 28.9 Å². The van der Waals surface area contributed by atoms with E-state index in [-0.39, 0.29) is 36.1 Å². The second-order valence-corrected chi connectivity index (χ2v) is 14.8. The number of aliphatic hydroxyl groups is 1. The van der Waals surface area contributed by atoms with Gasteiger partial charge in [-0.15, -0.1) is 0 Å². The lowest BCUT2D eigenvalue weighted by Crippen LogP contribution is -2.46. The molecule has 2 unspecified atom stereocenters. The third-order valence-corrected chi connectivity index (χ3v) is 11.5. The summed E-state index contributed by atoms with van der Waals surface area (Å²) in [6.07, 6.45) is -1.81. The molecule has 3 saturated heterocycles. The molecule has 4 aliphatic rings. The van der Waals surface area contributed by atoms with Crippen molar-refractivity contribution >= 4 is 50.2 Å². The lowest BCUT2D eigenvalue weighted by Gasteiger charge is -2.37. The van der Waals surface area contributed by atoms with Crippen molar-refractivity contribution in [1.82, 2.24) is 39.0 Å². The van der Waals surface area contributed by atoms with Crippen LogP contribution in [0.25, 0.3) is 22.3 Å². The standard InChI is InChI=1S/C24H30N10O11P2/c1-9-12(33-7-30-11-19(33)31-22(26)32-20(11)36)13(35)15-23(9,2)3-41-46(37)44-16-14-21(34-8-29-10-17(25)27-6-28-18(10)34)43-24(16,4-40-14)5-42-47(38,39)45-15/h6-9,12-16,21,35,46H,3-5H2,1-2H3,(H,38,39)(H2,25,27,28)(H3,26,31,32,36)/t9-,12-,13+,14-,15+,16+,21-,23+,24-/m1/s1. The molecule has 2 bridgehead atoms. The SMILES string of the molecule is C[C@@H]1[C@@H](n2cnc3c(=O)[nH]c(N)nc32)[C@H](O)[C@@H]2OP(=O)(O)OC[C@@]34CO[C@@H]([C@H](n5cnc6c(N)ncnc65)O3)[C@@H]4O[PH](=O)OC[C@@]12C. The van der Waals surface area contributed by atoms with Gasteiger partial charge in [-0.25, -0.2) is 24.5 Å². The molecule has 47 heavy (non-hydrogen) atoms. The maximum Gasteiger partial charge on any atom is 0.472 e. The van der Waals surface area contributed by atoms with Crippen LogP contribution < -0.4 is 17.0 Å². The Balaban J connectivity index is 1.12. The van der Waals surface area contributed by atoms with Gasteiger partial charge in [0.05, 0.1) is 38.5 Å². The van der Waals surface area contributed by atoms with Gasteiger partial charge >= 0.3 is 16.1 Å². The molecule has 0 amide bonds. The maximum absolute atomic E-state index is 13.6. The average Bonchev–Trinajstić information content (AvgIpc) is 3.81. The number of nitrogens with zero attached hydrogens (tertiary/aromatic N) is 7. The van der Waals surface area contributed by atoms with Crippen molar-refractivity contribution in [2.24, 2.45) is 11.3 Å². The van der Waals surface area contributed by atoms with E-state index in [0.717, 1.165) is 0 Å². The first-order chi connectivity index (χ1) is 22.3. The van der Waals surface area contributed by atoms with Gasteiger partial charge in [-0.1, -0.05) is 13.8 Å². The monoisotopic (exact) mass is 696 g/mol. The van der Waals surface area contributed by atoms with E-state index < -0.39 is 81.9 Å². The lowest BCUT2D eigenvalue weighted by atomic mass is 9.79. The van der Waals surface area contributed by atoms with Crippen LogP contribution in [0.2, 0.25) is 0 Å². The summed E-state index contributed by atoms with van der Waals surface area (Å²) in [4.78, 5) is 46.6. The first kappa shape index (κ1) is 30.9. The normalized spacial score (nSPS) is 40.7. The number of imidazole rings is 2. The van der Waals surface area contributed by atoms with Crippen molar-refractivity contribution < 1.29 is 46.7 Å². The van der Waals surface area contributed by atoms with Crippen molar-refractivity contribution in [3.63, 3.8) is 0 Å². The Morgan fingerprint density at radius 2 is 1.85 bits per heavy atom. The van der Waals surface area contributed by atoms with Crippen LogP contribution in [0.3, 0.4) is 0 Å². The summed E-state index contributed by atoms with van der Waals surface area (Å²) in [7, 11) is -8.26. The number of nitrogens with one attached hydrogen (secondary N) is 1. The second-order valence-electron chi connectivity index (χ2n) is 12.3. The number of H-pyrrole nitrogens is 1. The van der Waals surface area contributed by atoms with Gasteiger partial charge in [-0.05, 0) is 5.92 Å². The van der Waals surface area contributed by atoms with Crippen LogP contribution in [0.4, 0.5) is 11.8 Å². The molecular formula is C24H30N10O11P2. The lowest BCUT2D eigenvalue weighted by molar-refractivity contribution is -0.184. The maximum atomic E-state index is 13.6. The van der Waals surface area contributed by atoms with E-state index in [4.69, 9.17) is 39.0 Å². The van der Waals surface area contributed by atoms with E-state index in [1.807, 2.05) is 0 Å². The molecule has 8 rings (SSSR count). The van der Waals surface area contributed by atoms with Crippen molar-refractivity contribution in [2.45, 2.75) is 56.1 Å². The fourth-order valence-corrected chi connectivity index (χ4v) is 9.29. The van der Waals surface area contributed by atoms with Crippen LogP contribution in [-0.2, 0) is 36.7 Å². The average molecular weight is 697 g/mol. The topological polar surface area (TPSA) is 289 Å². The Morgan fingerprint density at radius 3 is 2.66 bits per heavy atom. The first-order valence-corrected chi connectivity index (χ1v) is 17.2. The van der Waals surface area contributed by atoms with E-state index in [0.29, 0.717) is 11.2 Å². The Labute approximate surface area is 264 Å². The predicted octanol–water partition coefficient (Wildman–Crippen LogP) is -0.344. The highest BCUT2D eigenvalue weighted by molar-refractivity contribution is 7.47. The summed E-state index contributed by atoms with van der Waals surface area (Å²) in [5, 5.41) is 11.7. The quantitative estimate of drug-likeness (QED) is 0.167. The molecule has 7 heterocycles. The highest BCUT2D eigenvalue weighted by atomic mass is 31.2. The molecule has 0 spiro atoms. The molecule has 4 aromatic heterocycles. The van der Waals surface area contributed by atoms with Crippen molar-refractivity contribution in [1.29, 1.82) is 0 Å². The Kier molecular flexibility index (Phi) is 6.96. The fourth-order valence-electron chi connectivity index (χ4n) is 7.14. The van der Waals surface area contributed by atoms with Crippen LogP contribution in [0, 0.1) is 11.3 Å². The molecule has 252 valence electrons. The van der Waals surface area contributed by atoms with Gasteiger partial charge in [0.25, 0.3) is 5.56 Å². The number of anilines is 2. The number of aromatic amines is 1. The van der Waals surface area contributed by atoms with Crippen LogP contribution in [0.15, 0.2) is 23.8 Å². The number of fused-ring (bicyclic) bond motifs is 3. The van der Waals surface area contributed by atoms with Gasteiger partial charge in [-0.2, -0.15) is 4.98 Å². The van der Waals surface area contributed by atoms with Crippen LogP contribution >= 0.6 is 16.1 Å². The largest absolute Gasteiger partial charge is 0.472 e. The third kappa shape index (κ3) is 4.61. The predicted molar refractivity (Wildman–Crippen MR) is 158 cm³/mol. The minimum atomic E-state index is -4.96. The zero-order valence-corrected chi connectivity index (χ0v) is 26.6. The van der Waals surface area contributed by atoms with E-state index in [9.17, 15) is 23.9 Å². The van der Waals surface area contributed by atoms with E-state index in [1.165, 1.54) is 23.5 Å². The van der Waals surface area contributed by atoms with Crippen molar-refractivity contribution in [3.8, 4) is 0 Å². The molecule has 3 aliphatic heterocycles. The molecule has 4 aromatic rings. The molecule has 4 fully saturated rings. The smallest absolute Gasteiger partial charge is 0.388 e. The van der Waals surface area contributed by atoms with Crippen LogP contribution in [0.5, 0.6) is 0 Å². The number of phosphoric acid groups is 1. The van der Waals surface area contributed by atoms with Gasteiger partial charge in [0.1, 0.15) is 41.9 Å². The number of aromatic nitrogens is 8. The van der Waals surface area contributed by atoms with Crippen molar-refractivity contribution in [2.75, 3.05) is 31.3 Å². The minimum Gasteiger partial charge on any atom is -0.388 e. The highest BCUT2D eigenvalue weighted by Crippen LogP contribution is 2.60. The molecule has 0 radical (unpaired) electrons.